The summed E-state index contributed by atoms with van der Waals surface area (Å²) < 4.78 is 43.6. The summed E-state index contributed by atoms with van der Waals surface area (Å²) in [5, 5.41) is 9.64. The average molecular weight is 967 g/mol. The van der Waals surface area contributed by atoms with Crippen molar-refractivity contribution in [3.8, 4) is 24.0 Å². The second kappa shape index (κ2) is 24.3. The first-order chi connectivity index (χ1) is 28.9. The standard InChI is InChI=1S/C19H15FN2O4.C15H21Cl2FN2O3.C6H4Cl2N2O2.K/c1-2-7-21-15-9-14(13(20)8-16(15)26-10-17(21)23)22-18(24)11-5-3-4-6-12(11)19(22)25;1-3-4-5-6-7-9(2)23-10(21)8-22-15-12(17)13(19)11(16)14(18)20-15;7-3-1-2(9)4(8)5(10-3)6(11)12;/h1,8-9H,3-7,10H2;9H,3-8H2,1-2H3,(H2,19,20);1H,(H2,9,10)(H,11,12);/q;;;+1/p-1. The molecule has 0 bridgehead atoms. The van der Waals surface area contributed by atoms with Gasteiger partial charge in [0.2, 0.25) is 11.8 Å². The summed E-state index contributed by atoms with van der Waals surface area (Å²) >= 11 is 22.3. The number of imide groups is 1. The van der Waals surface area contributed by atoms with Gasteiger partial charge < -0.3 is 35.6 Å². The Morgan fingerprint density at radius 1 is 0.968 bits per heavy atom. The van der Waals surface area contributed by atoms with E-state index >= 15 is 0 Å². The number of nitrogens with two attached hydrogens (primary N) is 2. The van der Waals surface area contributed by atoms with Crippen molar-refractivity contribution >= 4 is 98.8 Å². The number of nitrogens with zero attached hydrogens (tertiary/aromatic N) is 4. The number of carbonyl (C=O) groups is 5. The Bertz CT molecular complexity index is 2270. The fourth-order valence-electron chi connectivity index (χ4n) is 6.17. The van der Waals surface area contributed by atoms with Gasteiger partial charge in [-0.1, -0.05) is 78.5 Å². The van der Waals surface area contributed by atoms with Gasteiger partial charge in [-0.25, -0.2) is 19.1 Å². The third-order valence-electron chi connectivity index (χ3n) is 9.17. The summed E-state index contributed by atoms with van der Waals surface area (Å²) in [5.41, 5.74) is 11.3. The predicted octanol–water partition coefficient (Wildman–Crippen LogP) is 3.66. The molecule has 1 aromatic carbocycles. The Morgan fingerprint density at radius 2 is 1.61 bits per heavy atom. The monoisotopic (exact) mass is 964 g/mol. The summed E-state index contributed by atoms with van der Waals surface area (Å²) in [7, 11) is 0. The molecule has 2 aliphatic heterocycles. The Morgan fingerprint density at radius 3 is 2.21 bits per heavy atom. The number of hydrogen-bond acceptors (Lipinski definition) is 13. The maximum atomic E-state index is 14.7. The van der Waals surface area contributed by atoms with E-state index in [1.165, 1.54) is 17.0 Å². The van der Waals surface area contributed by atoms with Crippen molar-refractivity contribution in [3.05, 3.63) is 67.0 Å². The quantitative estimate of drug-likeness (QED) is 0.0662. The van der Waals surface area contributed by atoms with Crippen LogP contribution < -0.4 is 87.2 Å². The van der Waals surface area contributed by atoms with Gasteiger partial charge in [-0.3, -0.25) is 19.3 Å². The number of carbonyl (C=O) groups excluding carboxylic acids is 5. The van der Waals surface area contributed by atoms with Crippen LogP contribution in [-0.4, -0.2) is 65.5 Å². The number of pyridine rings is 2. The van der Waals surface area contributed by atoms with Crippen LogP contribution in [0.15, 0.2) is 29.3 Å². The van der Waals surface area contributed by atoms with Crippen LogP contribution in [0.5, 0.6) is 11.6 Å². The average Bonchev–Trinajstić information content (AvgIpc) is 3.47. The molecule has 62 heavy (non-hydrogen) atoms. The number of nitrogen functional groups attached to an aromatic ring is 2. The van der Waals surface area contributed by atoms with Crippen LogP contribution in [0.3, 0.4) is 0 Å². The molecule has 1 unspecified atom stereocenters. The number of unbranched alkanes of at least 4 members (excludes halogenated alkanes) is 3. The van der Waals surface area contributed by atoms with E-state index in [1.54, 1.807) is 0 Å². The fourth-order valence-corrected chi connectivity index (χ4v) is 6.92. The van der Waals surface area contributed by atoms with Crippen molar-refractivity contribution in [2.24, 2.45) is 0 Å². The van der Waals surface area contributed by atoms with Crippen LogP contribution in [0.1, 0.15) is 82.1 Å². The molecule has 1 aliphatic carbocycles. The zero-order chi connectivity index (χ0) is 45.1. The van der Waals surface area contributed by atoms with Gasteiger partial charge in [-0.15, -0.1) is 6.42 Å². The number of carboxylic acids is 1. The zero-order valence-electron chi connectivity index (χ0n) is 33.8. The summed E-state index contributed by atoms with van der Waals surface area (Å²) in [6.45, 7) is 3.25. The first-order valence-corrected chi connectivity index (χ1v) is 20.2. The van der Waals surface area contributed by atoms with E-state index in [0.717, 1.165) is 55.9 Å². The molecule has 1 atom stereocenters. The van der Waals surface area contributed by atoms with Gasteiger partial charge in [0.15, 0.2) is 19.0 Å². The maximum absolute atomic E-state index is 14.7. The van der Waals surface area contributed by atoms with E-state index in [0.29, 0.717) is 24.0 Å². The maximum Gasteiger partial charge on any atom is 1.00 e. The number of aromatic nitrogens is 2. The normalized spacial score (nSPS) is 14.5. The van der Waals surface area contributed by atoms with Crippen LogP contribution >= 0.6 is 46.4 Å². The molecule has 0 saturated heterocycles. The van der Waals surface area contributed by atoms with Gasteiger partial charge in [-0.05, 0) is 57.6 Å². The van der Waals surface area contributed by atoms with Crippen molar-refractivity contribution in [1.82, 2.24) is 9.97 Å². The zero-order valence-corrected chi connectivity index (χ0v) is 39.9. The molecule has 0 radical (unpaired) electrons. The van der Waals surface area contributed by atoms with Crippen molar-refractivity contribution in [2.75, 3.05) is 41.0 Å². The summed E-state index contributed by atoms with van der Waals surface area (Å²) in [6.07, 6.45) is 13.0. The summed E-state index contributed by atoms with van der Waals surface area (Å²) in [5.74, 6) is -2.99. The number of amides is 3. The molecule has 3 aromatic rings. The fraction of sp³-hybridized carbons (Fsp3) is 0.375. The predicted molar refractivity (Wildman–Crippen MR) is 223 cm³/mol. The number of halogens is 6. The van der Waals surface area contributed by atoms with E-state index in [-0.39, 0.29) is 131 Å². The van der Waals surface area contributed by atoms with Gasteiger partial charge in [0.1, 0.15) is 26.6 Å². The molecule has 326 valence electrons. The van der Waals surface area contributed by atoms with E-state index < -0.39 is 47.8 Å². The summed E-state index contributed by atoms with van der Waals surface area (Å²) in [4.78, 5) is 68.4. The van der Waals surface area contributed by atoms with Crippen molar-refractivity contribution in [3.63, 3.8) is 0 Å². The smallest absolute Gasteiger partial charge is 0.543 e. The van der Waals surface area contributed by atoms with Crippen LogP contribution in [0.25, 0.3) is 0 Å². The van der Waals surface area contributed by atoms with Gasteiger partial charge in [0.05, 0.1) is 46.4 Å². The molecule has 3 amide bonds. The molecule has 15 nitrogen and oxygen atoms in total. The molecular weight excluding hydrogens is 927 g/mol. The van der Waals surface area contributed by atoms with E-state index in [9.17, 15) is 37.9 Å². The second-order valence-electron chi connectivity index (χ2n) is 13.5. The molecule has 4 N–H and O–H groups in total. The Labute approximate surface area is 418 Å². The number of rotatable bonds is 12. The third-order valence-corrected chi connectivity index (χ3v) is 10.5. The van der Waals surface area contributed by atoms with Gasteiger partial charge in [0, 0.05) is 17.2 Å². The molecule has 0 spiro atoms. The molecule has 2 aromatic heterocycles. The minimum absolute atomic E-state index is 0. The minimum atomic E-state index is -1.51. The van der Waals surface area contributed by atoms with Gasteiger partial charge in [-0.2, -0.15) is 9.37 Å². The first kappa shape index (κ1) is 52.6. The van der Waals surface area contributed by atoms with Crippen LogP contribution in [0.4, 0.5) is 31.5 Å². The number of carboxylic acid groups (broad SMARTS) is 1. The minimum Gasteiger partial charge on any atom is -0.543 e. The number of terminal acetylenes is 1. The second-order valence-corrected chi connectivity index (χ2v) is 15.0. The van der Waals surface area contributed by atoms with Crippen molar-refractivity contribution in [1.29, 1.82) is 0 Å². The van der Waals surface area contributed by atoms with Crippen LogP contribution in [0.2, 0.25) is 20.2 Å². The number of fused-ring (bicyclic) bond motifs is 1. The molecule has 4 heterocycles. The number of ether oxygens (including phenoxy) is 3. The van der Waals surface area contributed by atoms with Crippen molar-refractivity contribution < 1.29 is 103 Å². The van der Waals surface area contributed by atoms with Crippen LogP contribution in [-0.2, 0) is 23.9 Å². The molecule has 0 saturated carbocycles. The number of esters is 1. The number of hydrogen-bond donors (Lipinski definition) is 2. The number of aromatic carboxylic acids is 1. The molecule has 3 aliphatic rings. The van der Waals surface area contributed by atoms with Crippen molar-refractivity contribution in [2.45, 2.75) is 77.7 Å². The third kappa shape index (κ3) is 13.1. The molecule has 6 rings (SSSR count). The van der Waals surface area contributed by atoms with E-state index in [1.807, 2.05) is 6.92 Å². The summed E-state index contributed by atoms with van der Waals surface area (Å²) in [6, 6.07) is 3.63. The topological polar surface area (TPSA) is 220 Å². The van der Waals surface area contributed by atoms with Gasteiger partial charge in [0.25, 0.3) is 17.7 Å². The number of anilines is 4. The van der Waals surface area contributed by atoms with Crippen LogP contribution in [0, 0.1) is 24.1 Å². The molecule has 22 heteroatoms. The van der Waals surface area contributed by atoms with Gasteiger partial charge >= 0.3 is 57.4 Å². The first-order valence-electron chi connectivity index (χ1n) is 18.7. The Hall–Kier alpha value is -3.77. The van der Waals surface area contributed by atoms with E-state index in [2.05, 4.69) is 22.8 Å². The number of benzene rings is 1. The SMILES string of the molecule is C#CCN1C(=O)COc2cc(F)c(N3C(=O)C4=C(CCCC4)C3=O)cc21.CCCCCCC(C)OC(=O)COc1nc(F)c(Cl)c(N)c1Cl.Nc1cc(Cl)nc(C(=O)[O-])c1Cl.[K+]. The Kier molecular flexibility index (Phi) is 20.6. The largest absolute Gasteiger partial charge is 1.00 e. The molecular formula is C40H39Cl4F2KN6O9. The van der Waals surface area contributed by atoms with E-state index in [4.69, 9.17) is 78.5 Å². The molecule has 0 fully saturated rings. The Balaban J connectivity index is 0.000000262.